The van der Waals surface area contributed by atoms with E-state index in [1.165, 1.54) is 11.8 Å². The van der Waals surface area contributed by atoms with Crippen molar-refractivity contribution < 1.29 is 18.0 Å². The van der Waals surface area contributed by atoms with Gasteiger partial charge < -0.3 is 9.73 Å². The number of nitrogens with zero attached hydrogens (tertiary/aromatic N) is 1. The number of amides is 1. The standard InChI is InChI=1S/C22H20F2N2O2/c1-12(2)17-9-18-14(11-28-21(18)6-13(17)3)7-22(27)26-20(10-25)16-5-4-15(23)8-19(16)24/h4-6,8-9,11-12,20H,7H2,1-3H3,(H,26,27). The quantitative estimate of drug-likeness (QED) is 0.670. The second-order valence-corrected chi connectivity index (χ2v) is 7.09. The minimum Gasteiger partial charge on any atom is -0.464 e. The zero-order valence-electron chi connectivity index (χ0n) is 15.8. The highest BCUT2D eigenvalue weighted by Crippen LogP contribution is 2.29. The molecule has 0 radical (unpaired) electrons. The summed E-state index contributed by atoms with van der Waals surface area (Å²) in [6, 6.07) is 7.48. The fourth-order valence-corrected chi connectivity index (χ4v) is 3.30. The molecule has 1 unspecified atom stereocenters. The maximum Gasteiger partial charge on any atom is 0.225 e. The lowest BCUT2D eigenvalue weighted by molar-refractivity contribution is -0.120. The van der Waals surface area contributed by atoms with Crippen LogP contribution in [0.15, 0.2) is 41.0 Å². The van der Waals surface area contributed by atoms with Crippen LogP contribution in [-0.2, 0) is 11.2 Å². The van der Waals surface area contributed by atoms with Gasteiger partial charge in [0.15, 0.2) is 0 Å². The Balaban J connectivity index is 1.82. The molecule has 0 aliphatic rings. The first-order chi connectivity index (χ1) is 13.3. The fraction of sp³-hybridized carbons (Fsp3) is 0.273. The van der Waals surface area contributed by atoms with Gasteiger partial charge in [-0.25, -0.2) is 8.78 Å². The van der Waals surface area contributed by atoms with Crippen LogP contribution in [0.3, 0.4) is 0 Å². The van der Waals surface area contributed by atoms with Crippen LogP contribution >= 0.6 is 0 Å². The van der Waals surface area contributed by atoms with E-state index in [9.17, 15) is 18.8 Å². The van der Waals surface area contributed by atoms with Crippen molar-refractivity contribution >= 4 is 16.9 Å². The molecule has 0 aliphatic carbocycles. The molecule has 1 heterocycles. The zero-order chi connectivity index (χ0) is 20.4. The molecule has 4 nitrogen and oxygen atoms in total. The topological polar surface area (TPSA) is 66.0 Å². The van der Waals surface area contributed by atoms with Gasteiger partial charge in [0.2, 0.25) is 5.91 Å². The number of hydrogen-bond acceptors (Lipinski definition) is 3. The maximum absolute atomic E-state index is 13.9. The Hall–Kier alpha value is -3.20. The summed E-state index contributed by atoms with van der Waals surface area (Å²) in [5.41, 5.74) is 3.58. The minimum absolute atomic E-state index is 0.0193. The third kappa shape index (κ3) is 3.89. The Bertz CT molecular complexity index is 1080. The molecular formula is C22H20F2N2O2. The third-order valence-electron chi connectivity index (χ3n) is 4.72. The molecule has 0 spiro atoms. The average molecular weight is 382 g/mol. The van der Waals surface area contributed by atoms with Gasteiger partial charge in [0.25, 0.3) is 0 Å². The van der Waals surface area contributed by atoms with Crippen molar-refractivity contribution in [2.24, 2.45) is 0 Å². The van der Waals surface area contributed by atoms with Crippen molar-refractivity contribution in [3.8, 4) is 6.07 Å². The first-order valence-corrected chi connectivity index (χ1v) is 8.94. The van der Waals surface area contributed by atoms with Crippen molar-refractivity contribution in [2.45, 2.75) is 39.2 Å². The van der Waals surface area contributed by atoms with Crippen LogP contribution in [-0.4, -0.2) is 5.91 Å². The molecule has 0 bridgehead atoms. The second kappa shape index (κ2) is 7.81. The van der Waals surface area contributed by atoms with Crippen molar-refractivity contribution in [1.82, 2.24) is 5.32 Å². The molecule has 0 saturated carbocycles. The molecule has 144 valence electrons. The molecule has 2 aromatic carbocycles. The van der Waals surface area contributed by atoms with E-state index in [0.29, 0.717) is 23.1 Å². The van der Waals surface area contributed by atoms with E-state index in [0.717, 1.165) is 23.1 Å². The normalized spacial score (nSPS) is 12.2. The van der Waals surface area contributed by atoms with Crippen LogP contribution in [0.5, 0.6) is 0 Å². The highest BCUT2D eigenvalue weighted by molar-refractivity contribution is 5.88. The Morgan fingerprint density at radius 1 is 1.21 bits per heavy atom. The van der Waals surface area contributed by atoms with Gasteiger partial charge in [-0.1, -0.05) is 19.9 Å². The zero-order valence-corrected chi connectivity index (χ0v) is 15.8. The van der Waals surface area contributed by atoms with Crippen molar-refractivity contribution in [2.75, 3.05) is 0 Å². The van der Waals surface area contributed by atoms with Gasteiger partial charge in [0.1, 0.15) is 23.3 Å². The summed E-state index contributed by atoms with van der Waals surface area (Å²) in [5, 5.41) is 12.6. The number of nitrogens with one attached hydrogen (secondary N) is 1. The molecule has 6 heteroatoms. The van der Waals surface area contributed by atoms with Crippen LogP contribution in [0.2, 0.25) is 0 Å². The number of carbonyl (C=O) groups excluding carboxylic acids is 1. The number of furan rings is 1. The van der Waals surface area contributed by atoms with Crippen LogP contribution in [0.1, 0.15) is 48.1 Å². The number of carbonyl (C=O) groups is 1. The molecule has 1 aromatic heterocycles. The van der Waals surface area contributed by atoms with Crippen LogP contribution in [0.25, 0.3) is 11.0 Å². The molecule has 3 aromatic rings. The Morgan fingerprint density at radius 2 is 1.96 bits per heavy atom. The molecule has 28 heavy (non-hydrogen) atoms. The van der Waals surface area contributed by atoms with E-state index >= 15 is 0 Å². The van der Waals surface area contributed by atoms with Crippen molar-refractivity contribution in [1.29, 1.82) is 5.26 Å². The molecule has 1 amide bonds. The number of benzene rings is 2. The lowest BCUT2D eigenvalue weighted by Gasteiger charge is -2.13. The summed E-state index contributed by atoms with van der Waals surface area (Å²) in [6.45, 7) is 6.20. The number of nitriles is 1. The molecule has 1 N–H and O–H groups in total. The van der Waals surface area contributed by atoms with Crippen LogP contribution in [0.4, 0.5) is 8.78 Å². The predicted molar refractivity (Wildman–Crippen MR) is 102 cm³/mol. The summed E-state index contributed by atoms with van der Waals surface area (Å²) in [5.74, 6) is -1.75. The Kier molecular flexibility index (Phi) is 5.46. The molecule has 0 saturated heterocycles. The highest BCUT2D eigenvalue weighted by Gasteiger charge is 2.20. The van der Waals surface area contributed by atoms with Gasteiger partial charge in [-0.2, -0.15) is 5.26 Å². The maximum atomic E-state index is 13.9. The molecule has 0 aliphatic heterocycles. The third-order valence-corrected chi connectivity index (χ3v) is 4.72. The molecule has 3 rings (SSSR count). The summed E-state index contributed by atoms with van der Waals surface area (Å²) in [7, 11) is 0. The van der Waals surface area contributed by atoms with Gasteiger partial charge in [-0.05, 0) is 42.2 Å². The van der Waals surface area contributed by atoms with E-state index < -0.39 is 23.6 Å². The predicted octanol–water partition coefficient (Wildman–Crippen LogP) is 5.07. The first kappa shape index (κ1) is 19.6. The van der Waals surface area contributed by atoms with E-state index in [-0.39, 0.29) is 12.0 Å². The summed E-state index contributed by atoms with van der Waals surface area (Å²) >= 11 is 0. The Labute approximate surface area is 161 Å². The molecular weight excluding hydrogens is 362 g/mol. The lowest BCUT2D eigenvalue weighted by atomic mass is 9.95. The van der Waals surface area contributed by atoms with Gasteiger partial charge in [0, 0.05) is 22.6 Å². The second-order valence-electron chi connectivity index (χ2n) is 7.09. The minimum atomic E-state index is -1.21. The van der Waals surface area contributed by atoms with Crippen LogP contribution in [0, 0.1) is 29.9 Å². The van der Waals surface area contributed by atoms with Gasteiger partial charge in [-0.3, -0.25) is 4.79 Å². The lowest BCUT2D eigenvalue weighted by Crippen LogP contribution is -2.29. The van der Waals surface area contributed by atoms with E-state index in [1.54, 1.807) is 0 Å². The monoisotopic (exact) mass is 382 g/mol. The number of aryl methyl sites for hydroxylation is 1. The summed E-state index contributed by atoms with van der Waals surface area (Å²) in [4.78, 5) is 12.5. The SMILES string of the molecule is Cc1cc2occ(CC(=O)NC(C#N)c3ccc(F)cc3F)c2cc1C(C)C. The number of fused-ring (bicyclic) bond motifs is 1. The largest absolute Gasteiger partial charge is 0.464 e. The van der Waals surface area contributed by atoms with Crippen molar-refractivity contribution in [3.05, 3.63) is 70.5 Å². The Morgan fingerprint density at radius 3 is 2.61 bits per heavy atom. The molecule has 1 atom stereocenters. The van der Waals surface area contributed by atoms with E-state index in [1.807, 2.05) is 25.1 Å². The van der Waals surface area contributed by atoms with Gasteiger partial charge >= 0.3 is 0 Å². The number of halogens is 2. The van der Waals surface area contributed by atoms with Crippen molar-refractivity contribution in [3.63, 3.8) is 0 Å². The summed E-state index contributed by atoms with van der Waals surface area (Å²) < 4.78 is 32.6. The summed E-state index contributed by atoms with van der Waals surface area (Å²) in [6.07, 6.45) is 1.50. The first-order valence-electron chi connectivity index (χ1n) is 8.94. The smallest absolute Gasteiger partial charge is 0.225 e. The van der Waals surface area contributed by atoms with Gasteiger partial charge in [-0.15, -0.1) is 0 Å². The fourth-order valence-electron chi connectivity index (χ4n) is 3.30. The van der Waals surface area contributed by atoms with E-state index in [2.05, 4.69) is 19.2 Å². The number of hydrogen-bond donors (Lipinski definition) is 1. The van der Waals surface area contributed by atoms with E-state index in [4.69, 9.17) is 4.42 Å². The average Bonchev–Trinajstić information content (AvgIpc) is 3.00. The molecule has 0 fully saturated rings. The van der Waals surface area contributed by atoms with Gasteiger partial charge in [0.05, 0.1) is 18.8 Å². The van der Waals surface area contributed by atoms with Crippen LogP contribution < -0.4 is 5.32 Å². The highest BCUT2D eigenvalue weighted by atomic mass is 19.1. The number of rotatable bonds is 5.